The van der Waals surface area contributed by atoms with Gasteiger partial charge in [-0.1, -0.05) is 54.6 Å². The SMILES string of the molecule is COc1ccc(Oc2ccc(-c3ccc(C)cn3)cc2)c2c1C1c3ccccc3C2c2ccccc21. The van der Waals surface area contributed by atoms with E-state index in [0.29, 0.717) is 0 Å². The summed E-state index contributed by atoms with van der Waals surface area (Å²) in [7, 11) is 1.76. The molecule has 0 unspecified atom stereocenters. The average Bonchev–Trinajstić information content (AvgIpc) is 2.94. The Morgan fingerprint density at radius 1 is 0.611 bits per heavy atom. The highest BCUT2D eigenvalue weighted by Crippen LogP contribution is 2.60. The van der Waals surface area contributed by atoms with Crippen molar-refractivity contribution in [2.45, 2.75) is 18.8 Å². The molecule has 0 radical (unpaired) electrons. The van der Waals surface area contributed by atoms with Gasteiger partial charge in [-0.15, -0.1) is 0 Å². The summed E-state index contributed by atoms with van der Waals surface area (Å²) in [6.07, 6.45) is 1.90. The summed E-state index contributed by atoms with van der Waals surface area (Å²) in [6.45, 7) is 2.05. The Bertz CT molecular complexity index is 1560. The molecular formula is C33H25NO2. The normalized spacial score (nSPS) is 16.6. The molecule has 0 N–H and O–H groups in total. The van der Waals surface area contributed by atoms with Gasteiger partial charge in [-0.05, 0) is 77.2 Å². The lowest BCUT2D eigenvalue weighted by Gasteiger charge is -2.43. The van der Waals surface area contributed by atoms with Gasteiger partial charge in [0, 0.05) is 34.7 Å². The Morgan fingerprint density at radius 2 is 1.17 bits per heavy atom. The molecule has 0 spiro atoms. The topological polar surface area (TPSA) is 31.4 Å². The molecule has 0 aliphatic heterocycles. The first-order chi connectivity index (χ1) is 17.7. The van der Waals surface area contributed by atoms with E-state index in [0.717, 1.165) is 34.1 Å². The minimum Gasteiger partial charge on any atom is -0.496 e. The number of pyridine rings is 1. The second kappa shape index (κ2) is 8.10. The Hall–Kier alpha value is -4.37. The molecule has 3 heteroatoms. The first-order valence-corrected chi connectivity index (χ1v) is 12.3. The third-order valence-electron chi connectivity index (χ3n) is 7.53. The monoisotopic (exact) mass is 467 g/mol. The summed E-state index contributed by atoms with van der Waals surface area (Å²) >= 11 is 0. The third kappa shape index (κ3) is 3.09. The van der Waals surface area contributed by atoms with Gasteiger partial charge in [0.15, 0.2) is 0 Å². The van der Waals surface area contributed by atoms with Crippen LogP contribution in [0.5, 0.6) is 17.2 Å². The fraction of sp³-hybridized carbons (Fsp3) is 0.121. The zero-order valence-corrected chi connectivity index (χ0v) is 20.2. The van der Waals surface area contributed by atoms with Gasteiger partial charge in [-0.25, -0.2) is 0 Å². The van der Waals surface area contributed by atoms with Gasteiger partial charge in [0.25, 0.3) is 0 Å². The van der Waals surface area contributed by atoms with Gasteiger partial charge < -0.3 is 9.47 Å². The van der Waals surface area contributed by atoms with Crippen LogP contribution in [0.1, 0.15) is 50.8 Å². The van der Waals surface area contributed by atoms with Gasteiger partial charge in [-0.3, -0.25) is 4.98 Å². The van der Waals surface area contributed by atoms with Gasteiger partial charge >= 0.3 is 0 Å². The predicted octanol–water partition coefficient (Wildman–Crippen LogP) is 7.85. The largest absolute Gasteiger partial charge is 0.496 e. The molecule has 0 atom stereocenters. The second-order valence-corrected chi connectivity index (χ2v) is 9.56. The molecule has 0 amide bonds. The summed E-state index contributed by atoms with van der Waals surface area (Å²) in [5.41, 5.74) is 11.0. The lowest BCUT2D eigenvalue weighted by Crippen LogP contribution is -2.28. The van der Waals surface area contributed by atoms with Gasteiger partial charge in [0.05, 0.1) is 12.8 Å². The van der Waals surface area contributed by atoms with E-state index in [1.165, 1.54) is 33.4 Å². The van der Waals surface area contributed by atoms with Crippen LogP contribution in [0.2, 0.25) is 0 Å². The lowest BCUT2D eigenvalue weighted by molar-refractivity contribution is 0.402. The number of aryl methyl sites for hydroxylation is 1. The summed E-state index contributed by atoms with van der Waals surface area (Å²) < 4.78 is 12.5. The maximum Gasteiger partial charge on any atom is 0.132 e. The van der Waals surface area contributed by atoms with Crippen LogP contribution in [0.15, 0.2) is 103 Å². The molecule has 5 aromatic rings. The first kappa shape index (κ1) is 21.0. The fourth-order valence-electron chi connectivity index (χ4n) is 5.95. The van der Waals surface area contributed by atoms with E-state index in [1.54, 1.807) is 7.11 Å². The van der Waals surface area contributed by atoms with Crippen LogP contribution < -0.4 is 9.47 Å². The quantitative estimate of drug-likeness (QED) is 0.264. The highest BCUT2D eigenvalue weighted by molar-refractivity contribution is 5.73. The molecule has 3 aliphatic rings. The number of methoxy groups -OCH3 is 1. The molecule has 3 aliphatic carbocycles. The summed E-state index contributed by atoms with van der Waals surface area (Å²) in [6, 6.07) is 34.0. The number of hydrogen-bond donors (Lipinski definition) is 0. The van der Waals surface area contributed by atoms with Crippen LogP contribution in [-0.4, -0.2) is 12.1 Å². The van der Waals surface area contributed by atoms with Crippen LogP contribution in [0.25, 0.3) is 11.3 Å². The Balaban J connectivity index is 1.34. The Morgan fingerprint density at radius 3 is 1.69 bits per heavy atom. The van der Waals surface area contributed by atoms with Gasteiger partial charge in [0.2, 0.25) is 0 Å². The van der Waals surface area contributed by atoms with E-state index >= 15 is 0 Å². The minimum absolute atomic E-state index is 0.110. The fourth-order valence-corrected chi connectivity index (χ4v) is 5.95. The molecule has 0 saturated carbocycles. The van der Waals surface area contributed by atoms with Crippen molar-refractivity contribution in [3.8, 4) is 28.5 Å². The van der Waals surface area contributed by atoms with Crippen molar-refractivity contribution >= 4 is 0 Å². The van der Waals surface area contributed by atoms with E-state index < -0.39 is 0 Å². The van der Waals surface area contributed by atoms with Crippen LogP contribution in [-0.2, 0) is 0 Å². The molecule has 36 heavy (non-hydrogen) atoms. The molecule has 1 heterocycles. The van der Waals surface area contributed by atoms with E-state index in [9.17, 15) is 0 Å². The number of aromatic nitrogens is 1. The summed E-state index contributed by atoms with van der Waals surface area (Å²) in [5.74, 6) is 2.84. The summed E-state index contributed by atoms with van der Waals surface area (Å²) in [5, 5.41) is 0. The third-order valence-corrected chi connectivity index (χ3v) is 7.53. The number of hydrogen-bond acceptors (Lipinski definition) is 3. The van der Waals surface area contributed by atoms with Crippen LogP contribution in [0.4, 0.5) is 0 Å². The summed E-state index contributed by atoms with van der Waals surface area (Å²) in [4.78, 5) is 4.55. The molecule has 0 fully saturated rings. The molecule has 0 saturated heterocycles. The zero-order valence-electron chi connectivity index (χ0n) is 20.2. The molecule has 2 bridgehead atoms. The van der Waals surface area contributed by atoms with Crippen molar-refractivity contribution < 1.29 is 9.47 Å². The lowest BCUT2D eigenvalue weighted by atomic mass is 9.60. The molecule has 4 aromatic carbocycles. The second-order valence-electron chi connectivity index (χ2n) is 9.56. The number of nitrogens with zero attached hydrogens (tertiary/aromatic N) is 1. The standard InChI is InChI=1S/C33H25NO2/c1-20-11-16-27(34-19-20)21-12-14-22(15-13-21)36-29-18-17-28(35-2)32-30-23-7-3-5-9-25(23)31(33(29)32)26-10-6-4-8-24(26)30/h3-19,30-31H,1-2H3. The highest BCUT2D eigenvalue weighted by atomic mass is 16.5. The van der Waals surface area contributed by atoms with Crippen molar-refractivity contribution in [3.63, 3.8) is 0 Å². The van der Waals surface area contributed by atoms with Crippen molar-refractivity contribution in [1.29, 1.82) is 0 Å². The molecule has 174 valence electrons. The Labute approximate surface area is 211 Å². The van der Waals surface area contributed by atoms with E-state index in [2.05, 4.69) is 83.8 Å². The number of rotatable bonds is 4. The smallest absolute Gasteiger partial charge is 0.132 e. The maximum atomic E-state index is 6.59. The van der Waals surface area contributed by atoms with Gasteiger partial charge in [0.1, 0.15) is 17.2 Å². The van der Waals surface area contributed by atoms with E-state index in [-0.39, 0.29) is 11.8 Å². The molecular weight excluding hydrogens is 442 g/mol. The van der Waals surface area contributed by atoms with E-state index in [4.69, 9.17) is 9.47 Å². The molecule has 8 rings (SSSR count). The van der Waals surface area contributed by atoms with Crippen molar-refractivity contribution in [2.75, 3.05) is 7.11 Å². The van der Waals surface area contributed by atoms with E-state index in [1.807, 2.05) is 31.3 Å². The molecule has 1 aromatic heterocycles. The highest BCUT2D eigenvalue weighted by Gasteiger charge is 2.44. The zero-order chi connectivity index (χ0) is 24.2. The minimum atomic E-state index is 0.110. The number of ether oxygens (including phenoxy) is 2. The number of benzene rings is 4. The van der Waals surface area contributed by atoms with Crippen LogP contribution in [0.3, 0.4) is 0 Å². The van der Waals surface area contributed by atoms with Crippen molar-refractivity contribution in [1.82, 2.24) is 4.98 Å². The first-order valence-electron chi connectivity index (χ1n) is 12.3. The van der Waals surface area contributed by atoms with Crippen molar-refractivity contribution in [3.05, 3.63) is 142 Å². The van der Waals surface area contributed by atoms with Crippen LogP contribution >= 0.6 is 0 Å². The average molecular weight is 468 g/mol. The van der Waals surface area contributed by atoms with Crippen molar-refractivity contribution in [2.24, 2.45) is 0 Å². The van der Waals surface area contributed by atoms with Gasteiger partial charge in [-0.2, -0.15) is 0 Å². The molecule has 3 nitrogen and oxygen atoms in total. The van der Waals surface area contributed by atoms with Crippen LogP contribution in [0, 0.1) is 6.92 Å². The Kier molecular flexibility index (Phi) is 4.71. The predicted molar refractivity (Wildman–Crippen MR) is 142 cm³/mol. The maximum absolute atomic E-state index is 6.59.